The maximum atomic E-state index is 14.0. The highest BCUT2D eigenvalue weighted by Crippen LogP contribution is 2.27. The second kappa shape index (κ2) is 16.2. The van der Waals surface area contributed by atoms with Crippen LogP contribution in [-0.4, -0.2) is 52.6 Å². The highest BCUT2D eigenvalue weighted by molar-refractivity contribution is 5.92. The van der Waals surface area contributed by atoms with Gasteiger partial charge >= 0.3 is 6.09 Å². The molecule has 0 spiro atoms. The van der Waals surface area contributed by atoms with E-state index in [0.29, 0.717) is 18.7 Å². The van der Waals surface area contributed by atoms with Crippen LogP contribution in [0.5, 0.6) is 5.75 Å². The number of phenolic OH excluding ortho intramolecular Hbond substituents is 1. The van der Waals surface area contributed by atoms with Crippen LogP contribution in [0, 0.1) is 5.92 Å². The molecule has 0 aliphatic carbocycles. The summed E-state index contributed by atoms with van der Waals surface area (Å²) in [4.78, 5) is 41.8. The summed E-state index contributed by atoms with van der Waals surface area (Å²) in [6, 6.07) is 4.65. The first-order chi connectivity index (χ1) is 17.4. The molecule has 3 amide bonds. The first kappa shape index (κ1) is 32.3. The summed E-state index contributed by atoms with van der Waals surface area (Å²) >= 11 is 0. The summed E-state index contributed by atoms with van der Waals surface area (Å²) in [7, 11) is 0. The number of benzene rings is 1. The normalized spacial score (nSPS) is 13.1. The lowest BCUT2D eigenvalue weighted by Gasteiger charge is -2.35. The van der Waals surface area contributed by atoms with Gasteiger partial charge in [0.05, 0.1) is 0 Å². The van der Waals surface area contributed by atoms with E-state index in [2.05, 4.69) is 24.5 Å². The Morgan fingerprint density at radius 3 is 2.22 bits per heavy atom. The SMILES string of the molecule is CCCCCCN(C(=O)C(NC(=O)OC(C)(C)C)C(C)C)C(C(=O)NCCCCC)c1cccc(O)c1. The topological polar surface area (TPSA) is 108 Å². The van der Waals surface area contributed by atoms with Crippen molar-refractivity contribution in [2.45, 2.75) is 111 Å². The Morgan fingerprint density at radius 1 is 1.00 bits per heavy atom. The number of carbonyl (C=O) groups is 3. The molecule has 0 aliphatic heterocycles. The van der Waals surface area contributed by atoms with Crippen molar-refractivity contribution in [2.24, 2.45) is 5.92 Å². The van der Waals surface area contributed by atoms with Crippen molar-refractivity contribution in [3.63, 3.8) is 0 Å². The zero-order chi connectivity index (χ0) is 28.0. The number of unbranched alkanes of at least 4 members (excludes halogenated alkanes) is 5. The number of rotatable bonds is 15. The minimum absolute atomic E-state index is 0.0203. The van der Waals surface area contributed by atoms with Gasteiger partial charge in [-0.15, -0.1) is 0 Å². The van der Waals surface area contributed by atoms with Gasteiger partial charge in [0, 0.05) is 13.1 Å². The summed E-state index contributed by atoms with van der Waals surface area (Å²) in [5.74, 6) is -0.873. The van der Waals surface area contributed by atoms with Crippen molar-refractivity contribution < 1.29 is 24.2 Å². The maximum Gasteiger partial charge on any atom is 0.408 e. The fraction of sp³-hybridized carbons (Fsp3) is 0.690. The van der Waals surface area contributed by atoms with Crippen LogP contribution in [0.3, 0.4) is 0 Å². The number of nitrogens with one attached hydrogen (secondary N) is 2. The number of amides is 3. The first-order valence-corrected chi connectivity index (χ1v) is 13.8. The molecular weight excluding hydrogens is 470 g/mol. The second-order valence-corrected chi connectivity index (χ2v) is 11.0. The third-order valence-electron chi connectivity index (χ3n) is 5.97. The molecule has 0 saturated heterocycles. The van der Waals surface area contributed by atoms with Gasteiger partial charge in [0.25, 0.3) is 0 Å². The van der Waals surface area contributed by atoms with Gasteiger partial charge in [-0.3, -0.25) is 9.59 Å². The zero-order valence-corrected chi connectivity index (χ0v) is 23.9. The lowest BCUT2D eigenvalue weighted by Crippen LogP contribution is -2.55. The van der Waals surface area contributed by atoms with E-state index >= 15 is 0 Å². The largest absolute Gasteiger partial charge is 0.508 e. The fourth-order valence-electron chi connectivity index (χ4n) is 4.05. The molecule has 8 heteroatoms. The molecule has 0 fully saturated rings. The van der Waals surface area contributed by atoms with Crippen LogP contribution < -0.4 is 10.6 Å². The molecule has 0 radical (unpaired) electrons. The fourth-order valence-corrected chi connectivity index (χ4v) is 4.05. The molecule has 2 atom stereocenters. The molecule has 0 bridgehead atoms. The molecule has 1 rings (SSSR count). The Morgan fingerprint density at radius 2 is 1.65 bits per heavy atom. The minimum atomic E-state index is -0.940. The van der Waals surface area contributed by atoms with Gasteiger partial charge in [-0.2, -0.15) is 0 Å². The number of hydrogen-bond donors (Lipinski definition) is 3. The van der Waals surface area contributed by atoms with Crippen LogP contribution in [0.4, 0.5) is 4.79 Å². The molecule has 0 heterocycles. The number of nitrogens with zero attached hydrogens (tertiary/aromatic N) is 1. The van der Waals surface area contributed by atoms with Crippen LogP contribution in [0.1, 0.15) is 105 Å². The predicted octanol–water partition coefficient (Wildman–Crippen LogP) is 5.70. The average molecular weight is 520 g/mol. The Balaban J connectivity index is 3.39. The van der Waals surface area contributed by atoms with Crippen LogP contribution in [-0.2, 0) is 14.3 Å². The van der Waals surface area contributed by atoms with E-state index in [0.717, 1.165) is 44.9 Å². The predicted molar refractivity (Wildman–Crippen MR) is 147 cm³/mol. The number of aromatic hydroxyl groups is 1. The van der Waals surface area contributed by atoms with E-state index in [-0.39, 0.29) is 23.5 Å². The smallest absolute Gasteiger partial charge is 0.408 e. The number of hydrogen-bond acceptors (Lipinski definition) is 5. The Hall–Kier alpha value is -2.77. The third kappa shape index (κ3) is 11.9. The lowest BCUT2D eigenvalue weighted by molar-refractivity contribution is -0.143. The molecule has 3 N–H and O–H groups in total. The molecule has 1 aromatic carbocycles. The van der Waals surface area contributed by atoms with E-state index in [9.17, 15) is 19.5 Å². The first-order valence-electron chi connectivity index (χ1n) is 13.8. The van der Waals surface area contributed by atoms with Crippen molar-refractivity contribution in [3.05, 3.63) is 29.8 Å². The molecule has 2 unspecified atom stereocenters. The van der Waals surface area contributed by atoms with Gasteiger partial charge in [0.15, 0.2) is 0 Å². The molecule has 8 nitrogen and oxygen atoms in total. The van der Waals surface area contributed by atoms with Crippen molar-refractivity contribution in [3.8, 4) is 5.75 Å². The molecule has 0 saturated carbocycles. The van der Waals surface area contributed by atoms with Gasteiger partial charge in [-0.05, 0) is 57.2 Å². The second-order valence-electron chi connectivity index (χ2n) is 11.0. The Kier molecular flexibility index (Phi) is 14.1. The van der Waals surface area contributed by atoms with E-state index in [1.54, 1.807) is 37.8 Å². The summed E-state index contributed by atoms with van der Waals surface area (Å²) in [5.41, 5.74) is -0.187. The molecule has 37 heavy (non-hydrogen) atoms. The molecule has 1 aromatic rings. The number of carbonyl (C=O) groups excluding carboxylic acids is 3. The van der Waals surface area contributed by atoms with Crippen molar-refractivity contribution in [2.75, 3.05) is 13.1 Å². The standard InChI is InChI=1S/C29H49N3O5/c1-8-10-12-14-19-32(27(35)24(21(3)4)31-28(36)37-29(5,6)7)25(22-16-15-17-23(33)20-22)26(34)30-18-13-11-9-2/h15-17,20-21,24-25,33H,8-14,18-19H2,1-7H3,(H,30,34)(H,31,36). The summed E-state index contributed by atoms with van der Waals surface area (Å²) in [6.45, 7) is 14.1. The minimum Gasteiger partial charge on any atom is -0.508 e. The highest BCUT2D eigenvalue weighted by Gasteiger charge is 2.37. The Bertz CT molecular complexity index is 850. The lowest BCUT2D eigenvalue weighted by atomic mass is 9.98. The highest BCUT2D eigenvalue weighted by atomic mass is 16.6. The average Bonchev–Trinajstić information content (AvgIpc) is 2.80. The van der Waals surface area contributed by atoms with Crippen molar-refractivity contribution in [1.29, 1.82) is 0 Å². The number of ether oxygens (including phenoxy) is 1. The van der Waals surface area contributed by atoms with Gasteiger partial charge in [0.2, 0.25) is 11.8 Å². The van der Waals surface area contributed by atoms with Gasteiger partial charge in [0.1, 0.15) is 23.4 Å². The van der Waals surface area contributed by atoms with Crippen molar-refractivity contribution >= 4 is 17.9 Å². The molecule has 0 aromatic heterocycles. The van der Waals surface area contributed by atoms with Gasteiger partial charge < -0.3 is 25.4 Å². The van der Waals surface area contributed by atoms with Crippen LogP contribution >= 0.6 is 0 Å². The van der Waals surface area contributed by atoms with Crippen LogP contribution in [0.25, 0.3) is 0 Å². The quantitative estimate of drug-likeness (QED) is 0.258. The maximum absolute atomic E-state index is 14.0. The summed E-state index contributed by atoms with van der Waals surface area (Å²) in [5, 5.41) is 15.9. The zero-order valence-electron chi connectivity index (χ0n) is 23.9. The van der Waals surface area contributed by atoms with E-state index < -0.39 is 23.8 Å². The Labute approximate surface area is 223 Å². The molecular formula is C29H49N3O5. The third-order valence-corrected chi connectivity index (χ3v) is 5.97. The molecule has 0 aliphatic rings. The van der Waals surface area contributed by atoms with Gasteiger partial charge in [-0.25, -0.2) is 4.79 Å². The van der Waals surface area contributed by atoms with Crippen LogP contribution in [0.15, 0.2) is 24.3 Å². The van der Waals surface area contributed by atoms with E-state index in [1.165, 1.54) is 12.1 Å². The van der Waals surface area contributed by atoms with Crippen LogP contribution in [0.2, 0.25) is 0 Å². The number of alkyl carbamates (subject to hydrolysis) is 1. The van der Waals surface area contributed by atoms with E-state index in [1.807, 2.05) is 13.8 Å². The van der Waals surface area contributed by atoms with E-state index in [4.69, 9.17) is 4.74 Å². The van der Waals surface area contributed by atoms with Gasteiger partial charge in [-0.1, -0.05) is 71.9 Å². The molecule has 210 valence electrons. The monoisotopic (exact) mass is 519 g/mol. The van der Waals surface area contributed by atoms with Crippen molar-refractivity contribution in [1.82, 2.24) is 15.5 Å². The summed E-state index contributed by atoms with van der Waals surface area (Å²) < 4.78 is 5.41. The summed E-state index contributed by atoms with van der Waals surface area (Å²) in [6.07, 6.45) is 5.87. The number of phenols is 1.